The highest BCUT2D eigenvalue weighted by atomic mass is 32.2. The van der Waals surface area contributed by atoms with Gasteiger partial charge in [0.15, 0.2) is 0 Å². The van der Waals surface area contributed by atoms with Gasteiger partial charge in [-0.3, -0.25) is 0 Å². The molecule has 0 unspecified atom stereocenters. The summed E-state index contributed by atoms with van der Waals surface area (Å²) in [5.41, 5.74) is 0.617. The maximum Gasteiger partial charge on any atom is 0.276 e. The van der Waals surface area contributed by atoms with Crippen molar-refractivity contribution in [1.29, 1.82) is 0 Å². The molecular weight excluding hydrogens is 398 g/mol. The molecule has 152 valence electrons. The molecule has 2 heterocycles. The summed E-state index contributed by atoms with van der Waals surface area (Å²) in [5.74, 6) is 2.06. The predicted molar refractivity (Wildman–Crippen MR) is 107 cm³/mol. The van der Waals surface area contributed by atoms with Gasteiger partial charge in [-0.2, -0.15) is 4.31 Å². The second-order valence-electron chi connectivity index (χ2n) is 7.23. The van der Waals surface area contributed by atoms with Gasteiger partial charge in [-0.1, -0.05) is 37.1 Å². The van der Waals surface area contributed by atoms with Crippen LogP contribution in [0.2, 0.25) is 0 Å². The van der Waals surface area contributed by atoms with Gasteiger partial charge in [-0.15, -0.1) is 10.2 Å². The van der Waals surface area contributed by atoms with E-state index in [1.165, 1.54) is 36.4 Å². The van der Waals surface area contributed by atoms with E-state index >= 15 is 0 Å². The van der Waals surface area contributed by atoms with Crippen molar-refractivity contribution in [2.24, 2.45) is 5.92 Å². The van der Waals surface area contributed by atoms with E-state index in [1.807, 2.05) is 0 Å². The van der Waals surface area contributed by atoms with E-state index in [0.717, 1.165) is 11.7 Å². The summed E-state index contributed by atoms with van der Waals surface area (Å²) < 4.78 is 38.2. The van der Waals surface area contributed by atoms with Crippen LogP contribution >= 0.6 is 11.8 Å². The second-order valence-corrected chi connectivity index (χ2v) is 10.1. The van der Waals surface area contributed by atoms with Gasteiger partial charge in [0.2, 0.25) is 15.9 Å². The number of morpholine rings is 1. The van der Waals surface area contributed by atoms with Crippen molar-refractivity contribution in [3.8, 4) is 11.5 Å². The van der Waals surface area contributed by atoms with Crippen molar-refractivity contribution in [3.05, 3.63) is 24.3 Å². The molecule has 2 fully saturated rings. The Kier molecular flexibility index (Phi) is 6.35. The Balaban J connectivity index is 1.46. The molecule has 0 radical (unpaired) electrons. The van der Waals surface area contributed by atoms with Crippen LogP contribution in [-0.4, -0.2) is 55.0 Å². The first-order valence-corrected chi connectivity index (χ1v) is 12.2. The summed E-state index contributed by atoms with van der Waals surface area (Å²) in [7, 11) is -3.55. The molecule has 28 heavy (non-hydrogen) atoms. The highest BCUT2D eigenvalue weighted by Crippen LogP contribution is 2.31. The fourth-order valence-corrected chi connectivity index (χ4v) is 6.06. The third-order valence-electron chi connectivity index (χ3n) is 5.26. The molecule has 2 aromatic rings. The van der Waals surface area contributed by atoms with Crippen LogP contribution in [0, 0.1) is 5.92 Å². The molecule has 9 heteroatoms. The molecule has 1 aromatic carbocycles. The minimum absolute atomic E-state index is 0.238. The molecule has 1 saturated carbocycles. The lowest BCUT2D eigenvalue weighted by atomic mass is 9.91. The average molecular weight is 424 g/mol. The van der Waals surface area contributed by atoms with E-state index < -0.39 is 10.0 Å². The highest BCUT2D eigenvalue weighted by molar-refractivity contribution is 7.99. The second kappa shape index (κ2) is 8.94. The lowest BCUT2D eigenvalue weighted by Crippen LogP contribution is -2.40. The minimum Gasteiger partial charge on any atom is -0.411 e. The molecule has 1 aliphatic heterocycles. The number of thioether (sulfide) groups is 1. The summed E-state index contributed by atoms with van der Waals surface area (Å²) in [6, 6.07) is 6.71. The fraction of sp³-hybridized carbons (Fsp3) is 0.579. The topological polar surface area (TPSA) is 85.5 Å². The van der Waals surface area contributed by atoms with E-state index in [9.17, 15) is 8.42 Å². The molecule has 4 rings (SSSR count). The maximum atomic E-state index is 12.9. The number of sulfonamides is 1. The zero-order valence-electron chi connectivity index (χ0n) is 15.7. The summed E-state index contributed by atoms with van der Waals surface area (Å²) in [4.78, 5) is 0.238. The maximum absolute atomic E-state index is 12.9. The van der Waals surface area contributed by atoms with Crippen molar-refractivity contribution in [1.82, 2.24) is 14.5 Å². The SMILES string of the molecule is O=S(=O)(c1cccc(-c2nnc(SCC3CCCCC3)o2)c1)N1CCOCC1. The Morgan fingerprint density at radius 2 is 1.89 bits per heavy atom. The number of hydrogen-bond acceptors (Lipinski definition) is 7. The van der Waals surface area contributed by atoms with Crippen molar-refractivity contribution in [3.63, 3.8) is 0 Å². The summed E-state index contributed by atoms with van der Waals surface area (Å²) in [6.07, 6.45) is 6.51. The molecule has 1 aromatic heterocycles. The van der Waals surface area contributed by atoms with Crippen LogP contribution in [0.5, 0.6) is 0 Å². The third-order valence-corrected chi connectivity index (χ3v) is 8.21. The van der Waals surface area contributed by atoms with Gasteiger partial charge in [0.25, 0.3) is 5.22 Å². The Morgan fingerprint density at radius 3 is 2.68 bits per heavy atom. The first kappa shape index (κ1) is 19.9. The van der Waals surface area contributed by atoms with E-state index in [0.29, 0.717) is 43.0 Å². The molecule has 0 bridgehead atoms. The third kappa shape index (κ3) is 4.59. The van der Waals surface area contributed by atoms with Gasteiger partial charge >= 0.3 is 0 Å². The monoisotopic (exact) mass is 423 g/mol. The number of rotatable bonds is 6. The molecule has 7 nitrogen and oxygen atoms in total. The smallest absolute Gasteiger partial charge is 0.276 e. The number of nitrogens with zero attached hydrogens (tertiary/aromatic N) is 3. The van der Waals surface area contributed by atoms with E-state index in [4.69, 9.17) is 9.15 Å². The van der Waals surface area contributed by atoms with Crippen LogP contribution in [0.25, 0.3) is 11.5 Å². The normalized spacial score (nSPS) is 19.7. The standard InChI is InChI=1S/C19H25N3O4S2/c23-28(24,22-9-11-25-12-10-22)17-8-4-7-16(13-17)18-20-21-19(26-18)27-14-15-5-2-1-3-6-15/h4,7-8,13,15H,1-3,5-6,9-12,14H2. The number of benzene rings is 1. The van der Waals surface area contributed by atoms with Gasteiger partial charge in [0.05, 0.1) is 18.1 Å². The van der Waals surface area contributed by atoms with Crippen molar-refractivity contribution in [2.45, 2.75) is 42.2 Å². The Morgan fingerprint density at radius 1 is 1.11 bits per heavy atom. The number of ether oxygens (including phenoxy) is 1. The first-order chi connectivity index (χ1) is 13.6. The molecular formula is C19H25N3O4S2. The van der Waals surface area contributed by atoms with Crippen LogP contribution < -0.4 is 0 Å². The molecule has 1 aliphatic carbocycles. The predicted octanol–water partition coefficient (Wildman–Crippen LogP) is 3.43. The number of hydrogen-bond donors (Lipinski definition) is 0. The molecule has 0 atom stereocenters. The molecule has 1 saturated heterocycles. The minimum atomic E-state index is -3.55. The van der Waals surface area contributed by atoms with Crippen LogP contribution in [-0.2, 0) is 14.8 Å². The summed E-state index contributed by atoms with van der Waals surface area (Å²) in [6.45, 7) is 1.58. The average Bonchev–Trinajstić information content (AvgIpc) is 3.23. The van der Waals surface area contributed by atoms with Crippen LogP contribution in [0.1, 0.15) is 32.1 Å². The largest absolute Gasteiger partial charge is 0.411 e. The van der Waals surface area contributed by atoms with Crippen molar-refractivity contribution >= 4 is 21.8 Å². The van der Waals surface area contributed by atoms with Gasteiger partial charge < -0.3 is 9.15 Å². The van der Waals surface area contributed by atoms with Crippen LogP contribution in [0.4, 0.5) is 0 Å². The van der Waals surface area contributed by atoms with Crippen molar-refractivity contribution in [2.75, 3.05) is 32.1 Å². The number of aromatic nitrogens is 2. The van der Waals surface area contributed by atoms with Gasteiger partial charge in [-0.25, -0.2) is 8.42 Å². The molecule has 0 spiro atoms. The lowest BCUT2D eigenvalue weighted by Gasteiger charge is -2.26. The van der Waals surface area contributed by atoms with Gasteiger partial charge in [0, 0.05) is 24.4 Å². The Hall–Kier alpha value is -1.42. The van der Waals surface area contributed by atoms with Crippen molar-refractivity contribution < 1.29 is 17.6 Å². The summed E-state index contributed by atoms with van der Waals surface area (Å²) >= 11 is 1.59. The molecule has 0 amide bonds. The highest BCUT2D eigenvalue weighted by Gasteiger charge is 2.27. The van der Waals surface area contributed by atoms with Crippen LogP contribution in [0.15, 0.2) is 38.8 Å². The van der Waals surface area contributed by atoms with E-state index in [-0.39, 0.29) is 4.90 Å². The fourth-order valence-electron chi connectivity index (χ4n) is 3.65. The Labute approximate surface area is 169 Å². The van der Waals surface area contributed by atoms with Crippen LogP contribution in [0.3, 0.4) is 0 Å². The summed E-state index contributed by atoms with van der Waals surface area (Å²) in [5, 5.41) is 8.79. The molecule has 0 N–H and O–H groups in total. The van der Waals surface area contributed by atoms with Gasteiger partial charge in [0.1, 0.15) is 0 Å². The zero-order chi connectivity index (χ0) is 19.4. The quantitative estimate of drug-likeness (QED) is 0.658. The molecule has 2 aliphatic rings. The van der Waals surface area contributed by atoms with Gasteiger partial charge in [-0.05, 0) is 37.0 Å². The first-order valence-electron chi connectivity index (χ1n) is 9.77. The van der Waals surface area contributed by atoms with E-state index in [2.05, 4.69) is 10.2 Å². The Bertz CT molecular complexity index is 888. The van der Waals surface area contributed by atoms with E-state index in [1.54, 1.807) is 36.0 Å². The lowest BCUT2D eigenvalue weighted by molar-refractivity contribution is 0.0730. The zero-order valence-corrected chi connectivity index (χ0v) is 17.4.